The number of likely N-dealkylation sites (N-methyl/N-ethyl adjacent to an activating group) is 1. The van der Waals surface area contributed by atoms with Gasteiger partial charge in [0.2, 0.25) is 11.8 Å². The molecule has 0 bridgehead atoms. The summed E-state index contributed by atoms with van der Waals surface area (Å²) in [5.74, 6) is 1.73. The van der Waals surface area contributed by atoms with Gasteiger partial charge < -0.3 is 25.0 Å². The minimum Gasteiger partial charge on any atom is -0.488 e. The highest BCUT2D eigenvalue weighted by Gasteiger charge is 2.32. The van der Waals surface area contributed by atoms with Crippen LogP contribution < -0.4 is 10.1 Å². The summed E-state index contributed by atoms with van der Waals surface area (Å²) in [4.78, 5) is 30.3. The topological polar surface area (TPSA) is 82.1 Å². The number of aliphatic hydroxyl groups is 1. The first-order valence-electron chi connectivity index (χ1n) is 13.5. The van der Waals surface area contributed by atoms with E-state index in [1.165, 1.54) is 19.3 Å². The average Bonchev–Trinajstić information content (AvgIpc) is 3.66. The zero-order valence-electron chi connectivity index (χ0n) is 21.7. The Morgan fingerprint density at radius 1 is 1.20 bits per heavy atom. The molecule has 2 fully saturated rings. The van der Waals surface area contributed by atoms with Crippen LogP contribution in [0.3, 0.4) is 0 Å². The molecule has 0 unspecified atom stereocenters. The standard InChI is InChI=1S/C28H43N3O4/c1-19-15-31(20(2)18-32)27(33)14-23-13-24(29-28(34)22-7-5-4-6-8-22)11-12-25(23)35-26(19)17-30(3)16-21-9-10-21/h11-13,19-22,26,32H,4-10,14-18H2,1-3H3,(H,29,34)/t19-,20-,26+/m1/s1. The van der Waals surface area contributed by atoms with Crippen LogP contribution in [0.2, 0.25) is 0 Å². The predicted octanol–water partition coefficient (Wildman–Crippen LogP) is 3.70. The zero-order chi connectivity index (χ0) is 24.9. The Bertz CT molecular complexity index is 881. The van der Waals surface area contributed by atoms with Crippen LogP contribution in [0.25, 0.3) is 0 Å². The van der Waals surface area contributed by atoms with Gasteiger partial charge in [0.05, 0.1) is 19.1 Å². The number of nitrogens with one attached hydrogen (secondary N) is 1. The number of carbonyl (C=O) groups excluding carboxylic acids is 2. The minimum atomic E-state index is -0.259. The van der Waals surface area contributed by atoms with E-state index in [-0.39, 0.29) is 48.8 Å². The molecule has 1 aromatic rings. The Hall–Kier alpha value is -2.12. The molecule has 2 saturated carbocycles. The maximum absolute atomic E-state index is 13.4. The lowest BCUT2D eigenvalue weighted by molar-refractivity contribution is -0.134. The van der Waals surface area contributed by atoms with Crippen LogP contribution in [0.1, 0.15) is 64.4 Å². The van der Waals surface area contributed by atoms with Crippen molar-refractivity contribution < 1.29 is 19.4 Å². The molecule has 3 atom stereocenters. The van der Waals surface area contributed by atoms with E-state index in [1.54, 1.807) is 4.90 Å². The molecule has 2 aliphatic carbocycles. The number of amides is 2. The fraction of sp³-hybridized carbons (Fsp3) is 0.714. The van der Waals surface area contributed by atoms with E-state index < -0.39 is 0 Å². The molecule has 1 aromatic carbocycles. The molecule has 0 radical (unpaired) electrons. The highest BCUT2D eigenvalue weighted by atomic mass is 16.5. The number of benzene rings is 1. The average molecular weight is 486 g/mol. The number of carbonyl (C=O) groups is 2. The SMILES string of the molecule is C[C@@H]1CN([C@H](C)CO)C(=O)Cc2cc(NC(=O)C3CCCCC3)ccc2O[C@H]1CN(C)CC1CC1. The van der Waals surface area contributed by atoms with Crippen molar-refractivity contribution in [2.24, 2.45) is 17.8 Å². The van der Waals surface area contributed by atoms with Crippen molar-refractivity contribution in [3.8, 4) is 5.75 Å². The summed E-state index contributed by atoms with van der Waals surface area (Å²) in [6.45, 7) is 6.34. The highest BCUT2D eigenvalue weighted by Crippen LogP contribution is 2.32. The van der Waals surface area contributed by atoms with Crippen LogP contribution in [0, 0.1) is 17.8 Å². The summed E-state index contributed by atoms with van der Waals surface area (Å²) < 4.78 is 6.59. The summed E-state index contributed by atoms with van der Waals surface area (Å²) in [5.41, 5.74) is 1.50. The maximum atomic E-state index is 13.4. The molecule has 4 rings (SSSR count). The molecule has 2 amide bonds. The summed E-state index contributed by atoms with van der Waals surface area (Å²) in [5, 5.41) is 12.9. The molecule has 2 N–H and O–H groups in total. The number of ether oxygens (including phenoxy) is 1. The second-order valence-corrected chi connectivity index (χ2v) is 11.2. The number of nitrogens with zero attached hydrogens (tertiary/aromatic N) is 2. The fourth-order valence-corrected chi connectivity index (χ4v) is 5.46. The first-order chi connectivity index (χ1) is 16.8. The van der Waals surface area contributed by atoms with Gasteiger partial charge in [0.15, 0.2) is 0 Å². The maximum Gasteiger partial charge on any atom is 0.227 e. The van der Waals surface area contributed by atoms with Gasteiger partial charge in [-0.1, -0.05) is 26.2 Å². The molecular weight excluding hydrogens is 442 g/mol. The van der Waals surface area contributed by atoms with Gasteiger partial charge in [-0.25, -0.2) is 0 Å². The van der Waals surface area contributed by atoms with Crippen molar-refractivity contribution in [3.05, 3.63) is 23.8 Å². The van der Waals surface area contributed by atoms with E-state index >= 15 is 0 Å². The van der Waals surface area contributed by atoms with E-state index in [4.69, 9.17) is 4.74 Å². The molecule has 35 heavy (non-hydrogen) atoms. The Morgan fingerprint density at radius 3 is 2.63 bits per heavy atom. The quantitative estimate of drug-likeness (QED) is 0.587. The molecule has 7 nitrogen and oxygen atoms in total. The molecule has 0 saturated heterocycles. The van der Waals surface area contributed by atoms with Crippen LogP contribution in [0.15, 0.2) is 18.2 Å². The summed E-state index contributed by atoms with van der Waals surface area (Å²) in [6, 6.07) is 5.44. The van der Waals surface area contributed by atoms with Gasteiger partial charge in [-0.2, -0.15) is 0 Å². The molecule has 7 heteroatoms. The lowest BCUT2D eigenvalue weighted by Crippen LogP contribution is -2.47. The largest absolute Gasteiger partial charge is 0.488 e. The van der Waals surface area contributed by atoms with Crippen LogP contribution in [-0.4, -0.2) is 72.2 Å². The molecule has 194 valence electrons. The minimum absolute atomic E-state index is 0.0222. The zero-order valence-corrected chi connectivity index (χ0v) is 21.7. The van der Waals surface area contributed by atoms with Crippen molar-refractivity contribution in [2.75, 3.05) is 38.6 Å². The second kappa shape index (κ2) is 11.7. The van der Waals surface area contributed by atoms with Crippen LogP contribution in [-0.2, 0) is 16.0 Å². The van der Waals surface area contributed by atoms with Crippen molar-refractivity contribution in [2.45, 2.75) is 77.4 Å². The van der Waals surface area contributed by atoms with Gasteiger partial charge in [-0.05, 0) is 63.8 Å². The van der Waals surface area contributed by atoms with Gasteiger partial charge >= 0.3 is 0 Å². The second-order valence-electron chi connectivity index (χ2n) is 11.2. The number of hydrogen-bond acceptors (Lipinski definition) is 5. The van der Waals surface area contributed by atoms with Crippen molar-refractivity contribution in [1.29, 1.82) is 0 Å². The Labute approximate surface area is 210 Å². The Balaban J connectivity index is 1.56. The van der Waals surface area contributed by atoms with Crippen molar-refractivity contribution >= 4 is 17.5 Å². The third-order valence-corrected chi connectivity index (χ3v) is 7.92. The van der Waals surface area contributed by atoms with Gasteiger partial charge in [0.1, 0.15) is 11.9 Å². The monoisotopic (exact) mass is 485 g/mol. The summed E-state index contributed by atoms with van der Waals surface area (Å²) in [7, 11) is 2.14. The Kier molecular flexibility index (Phi) is 8.71. The van der Waals surface area contributed by atoms with Gasteiger partial charge in [-0.15, -0.1) is 0 Å². The molecular formula is C28H43N3O4. The van der Waals surface area contributed by atoms with Crippen LogP contribution >= 0.6 is 0 Å². The Morgan fingerprint density at radius 2 is 1.94 bits per heavy atom. The lowest BCUT2D eigenvalue weighted by Gasteiger charge is -2.34. The van der Waals surface area contributed by atoms with E-state index in [0.29, 0.717) is 18.0 Å². The number of anilines is 1. The van der Waals surface area contributed by atoms with Crippen LogP contribution in [0.4, 0.5) is 5.69 Å². The molecule has 1 heterocycles. The van der Waals surface area contributed by atoms with E-state index in [0.717, 1.165) is 50.3 Å². The van der Waals surface area contributed by atoms with Gasteiger partial charge in [0.25, 0.3) is 0 Å². The van der Waals surface area contributed by atoms with Crippen LogP contribution in [0.5, 0.6) is 5.75 Å². The number of aliphatic hydroxyl groups excluding tert-OH is 1. The lowest BCUT2D eigenvalue weighted by atomic mass is 9.88. The fourth-order valence-electron chi connectivity index (χ4n) is 5.46. The number of hydrogen-bond donors (Lipinski definition) is 2. The van der Waals surface area contributed by atoms with Gasteiger partial charge in [0, 0.05) is 42.7 Å². The molecule has 3 aliphatic rings. The smallest absolute Gasteiger partial charge is 0.227 e. The third kappa shape index (κ3) is 6.98. The normalized spacial score (nSPS) is 24.7. The molecule has 1 aliphatic heterocycles. The summed E-state index contributed by atoms with van der Waals surface area (Å²) >= 11 is 0. The van der Waals surface area contributed by atoms with E-state index in [2.05, 4.69) is 24.2 Å². The predicted molar refractivity (Wildman–Crippen MR) is 137 cm³/mol. The van der Waals surface area contributed by atoms with Crippen molar-refractivity contribution in [3.63, 3.8) is 0 Å². The molecule has 0 aromatic heterocycles. The third-order valence-electron chi connectivity index (χ3n) is 7.92. The van der Waals surface area contributed by atoms with E-state index in [9.17, 15) is 14.7 Å². The summed E-state index contributed by atoms with van der Waals surface area (Å²) in [6.07, 6.45) is 8.03. The number of fused-ring (bicyclic) bond motifs is 1. The van der Waals surface area contributed by atoms with E-state index in [1.807, 2.05) is 25.1 Å². The first kappa shape index (κ1) is 26.0. The number of rotatable bonds is 8. The first-order valence-corrected chi connectivity index (χ1v) is 13.5. The van der Waals surface area contributed by atoms with Crippen molar-refractivity contribution in [1.82, 2.24) is 9.80 Å². The van der Waals surface area contributed by atoms with Gasteiger partial charge in [-0.3, -0.25) is 9.59 Å². The molecule has 0 spiro atoms. The highest BCUT2D eigenvalue weighted by molar-refractivity contribution is 5.93.